The van der Waals surface area contributed by atoms with E-state index in [0.29, 0.717) is 27.7 Å². The van der Waals surface area contributed by atoms with Gasteiger partial charge in [0.2, 0.25) is 5.88 Å². The molecule has 0 spiro atoms. The number of benzene rings is 1. The minimum absolute atomic E-state index is 0.296. The number of aromatic nitrogens is 1. The molecule has 0 bridgehead atoms. The molecule has 2 N–H and O–H groups in total. The molecule has 0 saturated carbocycles. The van der Waals surface area contributed by atoms with Crippen LogP contribution in [0.5, 0.6) is 11.6 Å². The van der Waals surface area contributed by atoms with Crippen molar-refractivity contribution < 1.29 is 9.13 Å². The number of pyridine rings is 1. The zero-order valence-corrected chi connectivity index (χ0v) is 11.5. The van der Waals surface area contributed by atoms with Crippen molar-refractivity contribution in [2.75, 3.05) is 0 Å². The summed E-state index contributed by atoms with van der Waals surface area (Å²) in [6.07, 6.45) is 1.47. The lowest BCUT2D eigenvalue weighted by Crippen LogP contribution is -1.99. The smallest absolute Gasteiger partial charge is 0.219 e. The molecule has 0 aliphatic carbocycles. The summed E-state index contributed by atoms with van der Waals surface area (Å²) >= 11 is 8.97. The first kappa shape index (κ1) is 13.3. The molecule has 94 valence electrons. The third-order valence-corrected chi connectivity index (χ3v) is 3.19. The Kier molecular flexibility index (Phi) is 4.16. The van der Waals surface area contributed by atoms with Crippen LogP contribution in [-0.2, 0) is 6.54 Å². The molecule has 0 fully saturated rings. The van der Waals surface area contributed by atoms with Gasteiger partial charge in [-0.05, 0) is 39.7 Å². The molecule has 1 aromatic carbocycles. The summed E-state index contributed by atoms with van der Waals surface area (Å²) in [5.74, 6) is 0.480. The van der Waals surface area contributed by atoms with Gasteiger partial charge in [-0.15, -0.1) is 0 Å². The fourth-order valence-corrected chi connectivity index (χ4v) is 1.87. The van der Waals surface area contributed by atoms with Crippen LogP contribution in [0, 0.1) is 5.82 Å². The van der Waals surface area contributed by atoms with Gasteiger partial charge in [0.25, 0.3) is 0 Å². The van der Waals surface area contributed by atoms with Crippen LogP contribution < -0.4 is 10.5 Å². The highest BCUT2D eigenvalue weighted by Gasteiger charge is 2.06. The van der Waals surface area contributed by atoms with Gasteiger partial charge in [-0.3, -0.25) is 0 Å². The average Bonchev–Trinajstić information content (AvgIpc) is 2.36. The van der Waals surface area contributed by atoms with Crippen LogP contribution in [0.15, 0.2) is 34.9 Å². The molecule has 3 nitrogen and oxygen atoms in total. The van der Waals surface area contributed by atoms with Crippen LogP contribution >= 0.6 is 27.5 Å². The van der Waals surface area contributed by atoms with E-state index in [4.69, 9.17) is 22.1 Å². The zero-order chi connectivity index (χ0) is 13.1. The number of ether oxygens (including phenoxy) is 1. The first-order chi connectivity index (χ1) is 8.60. The quantitative estimate of drug-likeness (QED) is 0.928. The number of hydrogen-bond acceptors (Lipinski definition) is 3. The highest BCUT2D eigenvalue weighted by atomic mass is 79.9. The van der Waals surface area contributed by atoms with Gasteiger partial charge in [0.15, 0.2) is 0 Å². The second-order valence-corrected chi connectivity index (χ2v) is 4.76. The number of nitrogens with two attached hydrogens (primary N) is 1. The Bertz CT molecular complexity index is 580. The monoisotopic (exact) mass is 330 g/mol. The molecule has 0 unspecified atom stereocenters. The van der Waals surface area contributed by atoms with E-state index in [-0.39, 0.29) is 5.82 Å². The fourth-order valence-electron chi connectivity index (χ4n) is 1.33. The van der Waals surface area contributed by atoms with E-state index in [1.54, 1.807) is 6.07 Å². The topological polar surface area (TPSA) is 48.1 Å². The molecule has 0 atom stereocenters. The molecule has 1 aromatic heterocycles. The van der Waals surface area contributed by atoms with Crippen LogP contribution in [0.1, 0.15) is 5.56 Å². The van der Waals surface area contributed by atoms with Gasteiger partial charge in [0.05, 0.1) is 9.50 Å². The lowest BCUT2D eigenvalue weighted by atomic mass is 10.2. The highest BCUT2D eigenvalue weighted by molar-refractivity contribution is 9.10. The van der Waals surface area contributed by atoms with E-state index < -0.39 is 0 Å². The SMILES string of the molecule is NCc1cc(Oc2ccc(F)c(Br)c2)ncc1Cl. The Labute approximate surface area is 117 Å². The first-order valence-electron chi connectivity index (χ1n) is 5.07. The average molecular weight is 332 g/mol. The lowest BCUT2D eigenvalue weighted by Gasteiger charge is -2.07. The van der Waals surface area contributed by atoms with E-state index in [1.165, 1.54) is 24.4 Å². The summed E-state index contributed by atoms with van der Waals surface area (Å²) in [4.78, 5) is 4.02. The van der Waals surface area contributed by atoms with Gasteiger partial charge < -0.3 is 10.5 Å². The molecule has 2 rings (SSSR count). The summed E-state index contributed by atoms with van der Waals surface area (Å²) in [5.41, 5.74) is 6.27. The second kappa shape index (κ2) is 5.65. The summed E-state index contributed by atoms with van der Waals surface area (Å²) in [6, 6.07) is 5.99. The molecular formula is C12H9BrClFN2O. The van der Waals surface area contributed by atoms with Gasteiger partial charge in [-0.1, -0.05) is 11.6 Å². The third-order valence-electron chi connectivity index (χ3n) is 2.24. The van der Waals surface area contributed by atoms with Crippen molar-refractivity contribution in [3.8, 4) is 11.6 Å². The number of hydrogen-bond donors (Lipinski definition) is 1. The van der Waals surface area contributed by atoms with Crippen LogP contribution in [0.4, 0.5) is 4.39 Å². The highest BCUT2D eigenvalue weighted by Crippen LogP contribution is 2.27. The van der Waals surface area contributed by atoms with Gasteiger partial charge >= 0.3 is 0 Å². The molecule has 6 heteroatoms. The van der Waals surface area contributed by atoms with Crippen molar-refractivity contribution in [1.29, 1.82) is 0 Å². The maximum atomic E-state index is 13.1. The Morgan fingerprint density at radius 1 is 1.39 bits per heavy atom. The maximum Gasteiger partial charge on any atom is 0.219 e. The Hall–Kier alpha value is -1.17. The van der Waals surface area contributed by atoms with Gasteiger partial charge in [-0.2, -0.15) is 0 Å². The van der Waals surface area contributed by atoms with Gasteiger partial charge in [0.1, 0.15) is 11.6 Å². The Morgan fingerprint density at radius 2 is 2.17 bits per heavy atom. The first-order valence-corrected chi connectivity index (χ1v) is 6.24. The standard InChI is InChI=1S/C12H9BrClFN2O/c13-9-4-8(1-2-11(9)15)18-12-3-7(5-16)10(14)6-17-12/h1-4,6H,5,16H2. The fraction of sp³-hybridized carbons (Fsp3) is 0.0833. The number of halogens is 3. The van der Waals surface area contributed by atoms with Crippen molar-refractivity contribution >= 4 is 27.5 Å². The molecule has 0 amide bonds. The molecular weight excluding hydrogens is 322 g/mol. The lowest BCUT2D eigenvalue weighted by molar-refractivity contribution is 0.460. The van der Waals surface area contributed by atoms with E-state index in [9.17, 15) is 4.39 Å². The number of nitrogens with zero attached hydrogens (tertiary/aromatic N) is 1. The molecule has 0 aliphatic rings. The van der Waals surface area contributed by atoms with E-state index in [2.05, 4.69) is 20.9 Å². The predicted molar refractivity (Wildman–Crippen MR) is 71.3 cm³/mol. The summed E-state index contributed by atoms with van der Waals surface area (Å²) in [6.45, 7) is 0.296. The van der Waals surface area contributed by atoms with E-state index in [1.807, 2.05) is 0 Å². The molecule has 18 heavy (non-hydrogen) atoms. The van der Waals surface area contributed by atoms with E-state index >= 15 is 0 Å². The minimum Gasteiger partial charge on any atom is -0.439 e. The van der Waals surface area contributed by atoms with Crippen molar-refractivity contribution in [2.24, 2.45) is 5.73 Å². The van der Waals surface area contributed by atoms with Crippen molar-refractivity contribution in [3.05, 3.63) is 51.3 Å². The Morgan fingerprint density at radius 3 is 2.83 bits per heavy atom. The summed E-state index contributed by atoms with van der Waals surface area (Å²) < 4.78 is 18.9. The van der Waals surface area contributed by atoms with Gasteiger partial charge in [0, 0.05) is 18.8 Å². The zero-order valence-electron chi connectivity index (χ0n) is 9.16. The van der Waals surface area contributed by atoms with Gasteiger partial charge in [-0.25, -0.2) is 9.37 Å². The van der Waals surface area contributed by atoms with Crippen LogP contribution in [-0.4, -0.2) is 4.98 Å². The van der Waals surface area contributed by atoms with Crippen molar-refractivity contribution in [2.45, 2.75) is 6.54 Å². The van der Waals surface area contributed by atoms with Crippen LogP contribution in [0.2, 0.25) is 5.02 Å². The molecule has 0 radical (unpaired) electrons. The second-order valence-electron chi connectivity index (χ2n) is 3.50. The van der Waals surface area contributed by atoms with Crippen LogP contribution in [0.3, 0.4) is 0 Å². The molecule has 1 heterocycles. The molecule has 2 aromatic rings. The predicted octanol–water partition coefficient (Wildman–Crippen LogP) is 3.89. The largest absolute Gasteiger partial charge is 0.439 e. The maximum absolute atomic E-state index is 13.1. The van der Waals surface area contributed by atoms with Crippen molar-refractivity contribution in [3.63, 3.8) is 0 Å². The molecule has 0 saturated heterocycles. The normalized spacial score (nSPS) is 10.4. The van der Waals surface area contributed by atoms with Crippen LogP contribution in [0.25, 0.3) is 0 Å². The summed E-state index contributed by atoms with van der Waals surface area (Å²) in [7, 11) is 0. The minimum atomic E-state index is -0.353. The molecule has 0 aliphatic heterocycles. The summed E-state index contributed by atoms with van der Waals surface area (Å²) in [5, 5.41) is 0.491. The number of rotatable bonds is 3. The van der Waals surface area contributed by atoms with Crippen molar-refractivity contribution in [1.82, 2.24) is 4.98 Å². The van der Waals surface area contributed by atoms with E-state index in [0.717, 1.165) is 5.56 Å². The Balaban J connectivity index is 2.25. The third kappa shape index (κ3) is 2.98.